The largest absolute Gasteiger partial charge is 0.490 e. The van der Waals surface area contributed by atoms with Crippen molar-refractivity contribution in [2.75, 3.05) is 39.6 Å². The number of pyridine rings is 1. The average Bonchev–Trinajstić information content (AvgIpc) is 2.90. The lowest BCUT2D eigenvalue weighted by Gasteiger charge is -2.35. The number of anilines is 1. The van der Waals surface area contributed by atoms with Crippen molar-refractivity contribution in [2.45, 2.75) is 25.7 Å². The number of nitrogens with zero attached hydrogens (tertiary/aromatic N) is 3. The first kappa shape index (κ1) is 25.6. The number of ether oxygens (including phenoxy) is 2. The highest BCUT2D eigenvalue weighted by molar-refractivity contribution is 5.97. The third-order valence-corrected chi connectivity index (χ3v) is 6.67. The fourth-order valence-corrected chi connectivity index (χ4v) is 4.52. The van der Waals surface area contributed by atoms with Gasteiger partial charge in [0.25, 0.3) is 5.91 Å². The van der Waals surface area contributed by atoms with Gasteiger partial charge in [0.1, 0.15) is 12.4 Å². The van der Waals surface area contributed by atoms with Crippen LogP contribution in [0.2, 0.25) is 0 Å². The summed E-state index contributed by atoms with van der Waals surface area (Å²) in [4.78, 5) is 21.5. The molecule has 8 heteroatoms. The van der Waals surface area contributed by atoms with Crippen molar-refractivity contribution in [1.82, 2.24) is 14.8 Å². The summed E-state index contributed by atoms with van der Waals surface area (Å²) in [6, 6.07) is 19.4. The van der Waals surface area contributed by atoms with Crippen LogP contribution >= 0.6 is 0 Å². The molecule has 8 nitrogen and oxygen atoms in total. The maximum Gasteiger partial charge on any atom is 0.257 e. The van der Waals surface area contributed by atoms with E-state index in [1.807, 2.05) is 18.2 Å². The number of carbonyl (C=O) groups is 1. The molecule has 0 spiro atoms. The molecule has 2 aromatic carbocycles. The summed E-state index contributed by atoms with van der Waals surface area (Å²) in [7, 11) is 3.45. The number of aromatic nitrogens is 1. The molecule has 0 fully saturated rings. The van der Waals surface area contributed by atoms with Crippen LogP contribution in [-0.4, -0.2) is 66.8 Å². The van der Waals surface area contributed by atoms with E-state index < -0.39 is 6.17 Å². The van der Waals surface area contributed by atoms with Crippen LogP contribution in [0.15, 0.2) is 66.9 Å². The standard InChI is InChI=1S/C28H35N5O3/c1-19-15-33(16-20-7-9-21(10-8-20)24-6-4-5-13-31-24)27(30)18-36-25-12-11-22(29)14-23(25)28(34)32(2)17-26(19)35-3/h4-14,19,26-27H,15-18,29-30H2,1-3H3/t19-,26-,27+/m0/s1. The second-order valence-corrected chi connectivity index (χ2v) is 9.41. The third-order valence-electron chi connectivity index (χ3n) is 6.67. The summed E-state index contributed by atoms with van der Waals surface area (Å²) < 4.78 is 11.9. The van der Waals surface area contributed by atoms with Crippen LogP contribution in [0.1, 0.15) is 22.8 Å². The number of carbonyl (C=O) groups excluding carboxylic acids is 1. The van der Waals surface area contributed by atoms with E-state index in [0.717, 1.165) is 16.8 Å². The topological polar surface area (TPSA) is 107 Å². The Morgan fingerprint density at radius 3 is 2.58 bits per heavy atom. The first-order chi connectivity index (χ1) is 17.4. The first-order valence-corrected chi connectivity index (χ1v) is 12.2. The van der Waals surface area contributed by atoms with Gasteiger partial charge in [0.2, 0.25) is 0 Å². The Balaban J connectivity index is 1.59. The third kappa shape index (κ3) is 6.02. The van der Waals surface area contributed by atoms with Crippen molar-refractivity contribution in [3.05, 3.63) is 78.0 Å². The van der Waals surface area contributed by atoms with Crippen LogP contribution in [0.5, 0.6) is 5.75 Å². The van der Waals surface area contributed by atoms with E-state index in [-0.39, 0.29) is 24.5 Å². The van der Waals surface area contributed by atoms with Crippen molar-refractivity contribution in [2.24, 2.45) is 11.7 Å². The minimum atomic E-state index is -0.391. The Kier molecular flexibility index (Phi) is 8.20. The molecule has 0 bridgehead atoms. The van der Waals surface area contributed by atoms with E-state index in [9.17, 15) is 4.79 Å². The summed E-state index contributed by atoms with van der Waals surface area (Å²) in [5.41, 5.74) is 16.7. The normalized spacial score (nSPS) is 21.7. The van der Waals surface area contributed by atoms with E-state index in [0.29, 0.717) is 36.6 Å². The van der Waals surface area contributed by atoms with Crippen LogP contribution in [0.3, 0.4) is 0 Å². The second kappa shape index (κ2) is 11.5. The number of nitrogens with two attached hydrogens (primary N) is 2. The molecule has 1 amide bonds. The number of hydrogen-bond donors (Lipinski definition) is 2. The van der Waals surface area contributed by atoms with Gasteiger partial charge in [-0.1, -0.05) is 37.3 Å². The van der Waals surface area contributed by atoms with Crippen LogP contribution in [0.4, 0.5) is 5.69 Å². The molecule has 0 aliphatic carbocycles. The maximum absolute atomic E-state index is 13.2. The van der Waals surface area contributed by atoms with Gasteiger partial charge in [0.15, 0.2) is 0 Å². The van der Waals surface area contributed by atoms with Gasteiger partial charge in [-0.3, -0.25) is 14.7 Å². The SMILES string of the molecule is CO[C@H]1CN(C)C(=O)c2cc(N)ccc2OC[C@H](N)N(Cc2ccc(-c3ccccn3)cc2)C[C@@H]1C. The molecule has 4 N–H and O–H groups in total. The van der Waals surface area contributed by atoms with Crippen molar-refractivity contribution < 1.29 is 14.3 Å². The van der Waals surface area contributed by atoms with E-state index in [4.69, 9.17) is 20.9 Å². The van der Waals surface area contributed by atoms with Crippen molar-refractivity contribution in [1.29, 1.82) is 0 Å². The second-order valence-electron chi connectivity index (χ2n) is 9.41. The molecule has 0 saturated carbocycles. The number of rotatable bonds is 4. The number of hydrogen-bond acceptors (Lipinski definition) is 7. The Morgan fingerprint density at radius 1 is 1.11 bits per heavy atom. The van der Waals surface area contributed by atoms with Crippen LogP contribution in [0.25, 0.3) is 11.3 Å². The highest BCUT2D eigenvalue weighted by Gasteiger charge is 2.28. The van der Waals surface area contributed by atoms with Crippen molar-refractivity contribution in [3.8, 4) is 17.0 Å². The van der Waals surface area contributed by atoms with Gasteiger partial charge in [0, 0.05) is 51.2 Å². The van der Waals surface area contributed by atoms with Gasteiger partial charge in [-0.25, -0.2) is 0 Å². The zero-order valence-electron chi connectivity index (χ0n) is 21.1. The Hall–Kier alpha value is -3.46. The summed E-state index contributed by atoms with van der Waals surface area (Å²) in [5, 5.41) is 0. The number of likely N-dealkylation sites (N-methyl/N-ethyl adjacent to an activating group) is 1. The molecule has 1 aliphatic rings. The fraction of sp³-hybridized carbons (Fsp3) is 0.357. The Bertz CT molecular complexity index is 1160. The van der Waals surface area contributed by atoms with Crippen molar-refractivity contribution >= 4 is 11.6 Å². The highest BCUT2D eigenvalue weighted by Crippen LogP contribution is 2.25. The monoisotopic (exact) mass is 489 g/mol. The molecule has 0 radical (unpaired) electrons. The lowest BCUT2D eigenvalue weighted by atomic mass is 10.0. The molecule has 0 saturated heterocycles. The highest BCUT2D eigenvalue weighted by atomic mass is 16.5. The molecule has 1 aromatic heterocycles. The molecule has 2 heterocycles. The fourth-order valence-electron chi connectivity index (χ4n) is 4.52. The summed E-state index contributed by atoms with van der Waals surface area (Å²) >= 11 is 0. The summed E-state index contributed by atoms with van der Waals surface area (Å²) in [6.45, 7) is 4.12. The lowest BCUT2D eigenvalue weighted by molar-refractivity contribution is 0.00808. The number of amides is 1. The molecule has 3 aromatic rings. The van der Waals surface area contributed by atoms with E-state index in [2.05, 4.69) is 41.1 Å². The Morgan fingerprint density at radius 2 is 1.89 bits per heavy atom. The quantitative estimate of drug-likeness (QED) is 0.542. The van der Waals surface area contributed by atoms with Gasteiger partial charge >= 0.3 is 0 Å². The lowest BCUT2D eigenvalue weighted by Crippen LogP contribution is -2.50. The minimum absolute atomic E-state index is 0.115. The van der Waals surface area contributed by atoms with Gasteiger partial charge in [-0.2, -0.15) is 0 Å². The molecular weight excluding hydrogens is 454 g/mol. The van der Waals surface area contributed by atoms with Gasteiger partial charge in [0.05, 0.1) is 23.5 Å². The predicted molar refractivity (Wildman–Crippen MR) is 141 cm³/mol. The zero-order valence-corrected chi connectivity index (χ0v) is 21.1. The van der Waals surface area contributed by atoms with Gasteiger partial charge in [-0.15, -0.1) is 0 Å². The molecule has 3 atom stereocenters. The number of fused-ring (bicyclic) bond motifs is 1. The molecule has 0 unspecified atom stereocenters. The van der Waals surface area contributed by atoms with Crippen LogP contribution < -0.4 is 16.2 Å². The summed E-state index contributed by atoms with van der Waals surface area (Å²) in [5.74, 6) is 0.424. The molecule has 190 valence electrons. The smallest absolute Gasteiger partial charge is 0.257 e. The van der Waals surface area contributed by atoms with Gasteiger partial charge < -0.3 is 25.8 Å². The van der Waals surface area contributed by atoms with E-state index in [1.165, 1.54) is 0 Å². The number of benzene rings is 2. The molecular formula is C28H35N5O3. The number of nitrogen functional groups attached to an aromatic ring is 1. The minimum Gasteiger partial charge on any atom is -0.490 e. The number of methoxy groups -OCH3 is 1. The zero-order chi connectivity index (χ0) is 25.7. The Labute approximate surface area is 212 Å². The predicted octanol–water partition coefficient (Wildman–Crippen LogP) is 3.23. The summed E-state index contributed by atoms with van der Waals surface area (Å²) in [6.07, 6.45) is 1.24. The first-order valence-electron chi connectivity index (χ1n) is 12.2. The molecule has 4 rings (SSSR count). The van der Waals surface area contributed by atoms with E-state index in [1.54, 1.807) is 43.5 Å². The molecule has 36 heavy (non-hydrogen) atoms. The molecule has 1 aliphatic heterocycles. The van der Waals surface area contributed by atoms with Crippen molar-refractivity contribution in [3.63, 3.8) is 0 Å². The average molecular weight is 490 g/mol. The van der Waals surface area contributed by atoms with Crippen LogP contribution in [-0.2, 0) is 11.3 Å². The van der Waals surface area contributed by atoms with Gasteiger partial charge in [-0.05, 0) is 41.8 Å². The maximum atomic E-state index is 13.2. The van der Waals surface area contributed by atoms with Crippen LogP contribution in [0, 0.1) is 5.92 Å². The van der Waals surface area contributed by atoms with E-state index >= 15 is 0 Å².